The summed E-state index contributed by atoms with van der Waals surface area (Å²) in [6, 6.07) is 17.1. The zero-order chi connectivity index (χ0) is 39.4. The summed E-state index contributed by atoms with van der Waals surface area (Å²) in [4.78, 5) is 67.8. The van der Waals surface area contributed by atoms with Crippen molar-refractivity contribution in [3.05, 3.63) is 100 Å². The highest BCUT2D eigenvalue weighted by Gasteiger charge is 2.38. The third kappa shape index (κ3) is 12.0. The van der Waals surface area contributed by atoms with Crippen LogP contribution in [0.25, 0.3) is 0 Å². The number of methoxy groups -OCH3 is 1. The summed E-state index contributed by atoms with van der Waals surface area (Å²) in [6.45, 7) is 9.28. The van der Waals surface area contributed by atoms with E-state index in [4.69, 9.17) is 14.2 Å². The predicted octanol–water partition coefficient (Wildman–Crippen LogP) is 5.15. The number of benzene rings is 3. The van der Waals surface area contributed by atoms with E-state index in [-0.39, 0.29) is 50.6 Å². The molecule has 1 aliphatic rings. The van der Waals surface area contributed by atoms with Crippen LogP contribution in [0.3, 0.4) is 0 Å². The number of phenolic OH excluding ortho intramolecular Hbond substituents is 1. The number of alkyl carbamates (subject to hydrolysis) is 2. The second-order valence-electron chi connectivity index (χ2n) is 14.5. The second-order valence-corrected chi connectivity index (χ2v) is 14.5. The van der Waals surface area contributed by atoms with Crippen molar-refractivity contribution in [3.8, 4) is 5.75 Å². The van der Waals surface area contributed by atoms with E-state index in [1.165, 1.54) is 12.0 Å². The van der Waals surface area contributed by atoms with Crippen molar-refractivity contribution in [2.75, 3.05) is 13.7 Å². The van der Waals surface area contributed by atoms with Crippen molar-refractivity contribution in [1.82, 2.24) is 20.9 Å². The summed E-state index contributed by atoms with van der Waals surface area (Å²) in [5.74, 6) is -1.33. The SMILES string of the molecule is COC(=O)[C@H](CCCCNC(=O)[C@@H]1Cc2ccccc2CN1C(=O)[C@H](Cc1c(C)cc(O)cc1C)NC(=O)OC(C)(C)C)NC(=O)OCc1ccccc1. The Morgan fingerprint density at radius 3 is 2.15 bits per heavy atom. The molecular formula is C41H52N4O9. The Balaban J connectivity index is 1.44. The number of fused-ring (bicyclic) bond motifs is 1. The van der Waals surface area contributed by atoms with Crippen molar-refractivity contribution in [3.63, 3.8) is 0 Å². The van der Waals surface area contributed by atoms with Crippen LogP contribution in [0.4, 0.5) is 9.59 Å². The van der Waals surface area contributed by atoms with E-state index >= 15 is 0 Å². The topological polar surface area (TPSA) is 173 Å². The van der Waals surface area contributed by atoms with Crippen LogP contribution in [0, 0.1) is 13.8 Å². The van der Waals surface area contributed by atoms with Gasteiger partial charge in [0.1, 0.15) is 36.1 Å². The minimum Gasteiger partial charge on any atom is -0.508 e. The first-order valence-corrected chi connectivity index (χ1v) is 18.1. The fourth-order valence-corrected chi connectivity index (χ4v) is 6.44. The lowest BCUT2D eigenvalue weighted by molar-refractivity contribution is -0.143. The van der Waals surface area contributed by atoms with Gasteiger partial charge in [-0.05, 0) is 99.4 Å². The fourth-order valence-electron chi connectivity index (χ4n) is 6.44. The Hall–Kier alpha value is -5.59. The molecule has 4 amide bonds. The molecule has 0 spiro atoms. The third-order valence-corrected chi connectivity index (χ3v) is 9.12. The summed E-state index contributed by atoms with van der Waals surface area (Å²) in [6.07, 6.45) is 0.0411. The smallest absolute Gasteiger partial charge is 0.408 e. The van der Waals surface area contributed by atoms with Gasteiger partial charge in [-0.25, -0.2) is 14.4 Å². The minimum atomic E-state index is -1.08. The molecule has 4 rings (SSSR count). The number of hydrogen-bond donors (Lipinski definition) is 4. The van der Waals surface area contributed by atoms with Gasteiger partial charge in [-0.3, -0.25) is 9.59 Å². The van der Waals surface area contributed by atoms with Crippen molar-refractivity contribution >= 4 is 30.0 Å². The molecule has 0 radical (unpaired) electrons. The van der Waals surface area contributed by atoms with Gasteiger partial charge in [0, 0.05) is 25.9 Å². The number of esters is 1. The molecule has 0 bridgehead atoms. The maximum atomic E-state index is 14.5. The highest BCUT2D eigenvalue weighted by Crippen LogP contribution is 2.27. The van der Waals surface area contributed by atoms with Gasteiger partial charge in [0.15, 0.2) is 0 Å². The summed E-state index contributed by atoms with van der Waals surface area (Å²) >= 11 is 0. The Morgan fingerprint density at radius 1 is 0.870 bits per heavy atom. The normalized spacial score (nSPS) is 14.9. The highest BCUT2D eigenvalue weighted by atomic mass is 16.6. The number of phenols is 1. The zero-order valence-corrected chi connectivity index (χ0v) is 31.9. The van der Waals surface area contributed by atoms with Crippen LogP contribution in [-0.2, 0) is 54.6 Å². The summed E-state index contributed by atoms with van der Waals surface area (Å²) in [7, 11) is 1.24. The molecule has 0 aromatic heterocycles. The number of nitrogens with one attached hydrogen (secondary N) is 3. The van der Waals surface area contributed by atoms with Crippen LogP contribution in [0.15, 0.2) is 66.7 Å². The number of amides is 4. The second kappa shape index (κ2) is 18.9. The van der Waals surface area contributed by atoms with Crippen molar-refractivity contribution in [2.24, 2.45) is 0 Å². The number of hydrogen-bond acceptors (Lipinski definition) is 9. The van der Waals surface area contributed by atoms with Crippen LogP contribution in [0.5, 0.6) is 5.75 Å². The van der Waals surface area contributed by atoms with E-state index < -0.39 is 47.8 Å². The van der Waals surface area contributed by atoms with Crippen LogP contribution in [0.2, 0.25) is 0 Å². The Labute approximate surface area is 316 Å². The van der Waals surface area contributed by atoms with E-state index in [0.29, 0.717) is 12.8 Å². The maximum Gasteiger partial charge on any atom is 0.408 e. The van der Waals surface area contributed by atoms with E-state index in [2.05, 4.69) is 16.0 Å². The number of unbranched alkanes of at least 4 members (excludes halogenated alkanes) is 1. The summed E-state index contributed by atoms with van der Waals surface area (Å²) in [5.41, 5.74) is 4.11. The Bertz CT molecular complexity index is 1770. The van der Waals surface area contributed by atoms with Gasteiger partial charge < -0.3 is 40.2 Å². The van der Waals surface area contributed by atoms with Gasteiger partial charge >= 0.3 is 18.2 Å². The molecule has 13 heteroatoms. The number of ether oxygens (including phenoxy) is 3. The summed E-state index contributed by atoms with van der Waals surface area (Å²) in [5, 5.41) is 18.4. The van der Waals surface area contributed by atoms with Crippen molar-refractivity contribution in [1.29, 1.82) is 0 Å². The molecule has 13 nitrogen and oxygen atoms in total. The molecule has 3 aromatic rings. The average molecular weight is 745 g/mol. The Morgan fingerprint density at radius 2 is 1.50 bits per heavy atom. The van der Waals surface area contributed by atoms with E-state index in [0.717, 1.165) is 33.4 Å². The monoisotopic (exact) mass is 744 g/mol. The molecule has 0 fully saturated rings. The minimum absolute atomic E-state index is 0.0473. The lowest BCUT2D eigenvalue weighted by Crippen LogP contribution is -2.58. The quantitative estimate of drug-likeness (QED) is 0.0990. The molecular weight excluding hydrogens is 692 g/mol. The van der Waals surface area contributed by atoms with Gasteiger partial charge in [-0.2, -0.15) is 0 Å². The van der Waals surface area contributed by atoms with Gasteiger partial charge in [0.05, 0.1) is 7.11 Å². The van der Waals surface area contributed by atoms with E-state index in [1.54, 1.807) is 32.9 Å². The first-order valence-electron chi connectivity index (χ1n) is 18.1. The number of aromatic hydroxyl groups is 1. The molecule has 290 valence electrons. The molecule has 1 heterocycles. The lowest BCUT2D eigenvalue weighted by Gasteiger charge is -2.38. The van der Waals surface area contributed by atoms with E-state index in [1.807, 2.05) is 68.4 Å². The number of carbonyl (C=O) groups is 5. The average Bonchev–Trinajstić information content (AvgIpc) is 3.12. The van der Waals surface area contributed by atoms with Gasteiger partial charge in [-0.1, -0.05) is 54.6 Å². The fraction of sp³-hybridized carbons (Fsp3) is 0.439. The lowest BCUT2D eigenvalue weighted by atomic mass is 9.91. The number of aryl methyl sites for hydroxylation is 2. The third-order valence-electron chi connectivity index (χ3n) is 9.12. The van der Waals surface area contributed by atoms with Crippen LogP contribution in [0.1, 0.15) is 73.4 Å². The number of nitrogens with zero attached hydrogens (tertiary/aromatic N) is 1. The molecule has 3 atom stereocenters. The van der Waals surface area contributed by atoms with E-state index in [9.17, 15) is 29.1 Å². The van der Waals surface area contributed by atoms with Gasteiger partial charge in [0.25, 0.3) is 0 Å². The van der Waals surface area contributed by atoms with Crippen molar-refractivity contribution < 1.29 is 43.3 Å². The maximum absolute atomic E-state index is 14.5. The summed E-state index contributed by atoms with van der Waals surface area (Å²) < 4.78 is 15.7. The zero-order valence-electron chi connectivity index (χ0n) is 31.9. The first-order chi connectivity index (χ1) is 25.6. The molecule has 0 aliphatic carbocycles. The number of rotatable bonds is 14. The number of carbonyl (C=O) groups excluding carboxylic acids is 5. The molecule has 0 unspecified atom stereocenters. The molecule has 1 aliphatic heterocycles. The molecule has 3 aromatic carbocycles. The highest BCUT2D eigenvalue weighted by molar-refractivity contribution is 5.92. The largest absolute Gasteiger partial charge is 0.508 e. The molecule has 0 saturated heterocycles. The van der Waals surface area contributed by atoms with Gasteiger partial charge in [-0.15, -0.1) is 0 Å². The van der Waals surface area contributed by atoms with Crippen LogP contribution < -0.4 is 16.0 Å². The van der Waals surface area contributed by atoms with Crippen LogP contribution in [-0.4, -0.2) is 77.4 Å². The standard InChI is InChI=1S/C41H52N4O9/c1-26-20-31(46)21-27(2)32(26)23-34(44-40(51)54-41(3,4)5)37(48)45-24-30-17-11-10-16-29(30)22-35(45)36(47)42-19-13-12-18-33(38(49)52-6)43-39(50)53-25-28-14-8-7-9-15-28/h7-11,14-17,20-21,33-35,46H,12-13,18-19,22-25H2,1-6H3,(H,42,47)(H,43,50)(H,44,51)/t33-,34-,35-/m0/s1. The van der Waals surface area contributed by atoms with Gasteiger partial charge in [0.2, 0.25) is 11.8 Å². The van der Waals surface area contributed by atoms with Crippen molar-refractivity contribution in [2.45, 2.75) is 104 Å². The molecule has 0 saturated carbocycles. The first kappa shape index (κ1) is 41.2. The predicted molar refractivity (Wildman–Crippen MR) is 201 cm³/mol. The molecule has 4 N–H and O–H groups in total. The molecule has 54 heavy (non-hydrogen) atoms. The van der Waals surface area contributed by atoms with Crippen LogP contribution >= 0.6 is 0 Å². The Kier molecular flexibility index (Phi) is 14.4.